The van der Waals surface area contributed by atoms with Gasteiger partial charge in [-0.2, -0.15) is 5.10 Å². The van der Waals surface area contributed by atoms with Gasteiger partial charge in [0.1, 0.15) is 11.4 Å². The minimum Gasteiger partial charge on any atom is -0.396 e. The lowest BCUT2D eigenvalue weighted by Crippen LogP contribution is -2.29. The number of carbonyl (C=O) groups is 1. The molecule has 2 aromatic heterocycles. The number of carbonyl (C=O) groups excluding carboxylic acids is 1. The Kier molecular flexibility index (Phi) is 5.93. The van der Waals surface area contributed by atoms with Crippen molar-refractivity contribution in [2.75, 3.05) is 24.1 Å². The number of H-pyrrole nitrogens is 1. The van der Waals surface area contributed by atoms with Crippen LogP contribution in [0.3, 0.4) is 0 Å². The van der Waals surface area contributed by atoms with E-state index in [0.717, 1.165) is 43.0 Å². The number of hydrogen-bond donors (Lipinski definition) is 3. The molecule has 0 radical (unpaired) electrons. The van der Waals surface area contributed by atoms with Crippen molar-refractivity contribution in [1.29, 1.82) is 0 Å². The van der Waals surface area contributed by atoms with E-state index >= 15 is 0 Å². The number of likely N-dealkylation sites (tertiary alicyclic amines) is 1. The molecule has 0 unspecified atom stereocenters. The number of aromatic nitrogens is 3. The van der Waals surface area contributed by atoms with Crippen LogP contribution >= 0.6 is 0 Å². The predicted octanol–water partition coefficient (Wildman–Crippen LogP) is 4.72. The summed E-state index contributed by atoms with van der Waals surface area (Å²) in [6.45, 7) is 3.10. The maximum absolute atomic E-state index is 14.3. The van der Waals surface area contributed by atoms with Crippen molar-refractivity contribution in [2.45, 2.75) is 25.8 Å². The molecule has 4 N–H and O–H groups in total. The van der Waals surface area contributed by atoms with Crippen LogP contribution in [0.4, 0.5) is 20.2 Å². The number of hydrogen-bond acceptors (Lipinski definition) is 5. The molecule has 4 aromatic rings. The minimum atomic E-state index is -1.10. The number of benzene rings is 2. The van der Waals surface area contributed by atoms with Gasteiger partial charge in [0.2, 0.25) is 0 Å². The van der Waals surface area contributed by atoms with Crippen LogP contribution in [0.25, 0.3) is 22.3 Å². The molecule has 0 bridgehead atoms. The largest absolute Gasteiger partial charge is 0.396 e. The predicted molar refractivity (Wildman–Crippen MR) is 127 cm³/mol. The van der Waals surface area contributed by atoms with Crippen LogP contribution < -0.4 is 11.1 Å². The van der Waals surface area contributed by atoms with Crippen molar-refractivity contribution < 1.29 is 13.6 Å². The van der Waals surface area contributed by atoms with Crippen molar-refractivity contribution in [3.8, 4) is 11.3 Å². The molecule has 1 amide bonds. The van der Waals surface area contributed by atoms with Crippen LogP contribution in [0.2, 0.25) is 0 Å². The van der Waals surface area contributed by atoms with Crippen molar-refractivity contribution in [3.05, 3.63) is 71.4 Å². The zero-order valence-electron chi connectivity index (χ0n) is 18.4. The first-order valence-corrected chi connectivity index (χ1v) is 11.2. The minimum absolute atomic E-state index is 0.283. The Morgan fingerprint density at radius 2 is 1.94 bits per heavy atom. The van der Waals surface area contributed by atoms with Crippen molar-refractivity contribution in [3.63, 3.8) is 0 Å². The number of nitrogen functional groups attached to an aromatic ring is 1. The summed E-state index contributed by atoms with van der Waals surface area (Å²) in [6, 6.07) is 11.9. The van der Waals surface area contributed by atoms with E-state index in [2.05, 4.69) is 37.5 Å². The number of nitrogens with two attached hydrogens (primary N) is 1. The Labute approximate surface area is 195 Å². The molecule has 1 saturated heterocycles. The normalized spacial score (nSPS) is 14.4. The molecule has 1 aliphatic rings. The fourth-order valence-electron chi connectivity index (χ4n) is 4.36. The lowest BCUT2D eigenvalue weighted by atomic mass is 10.0. The van der Waals surface area contributed by atoms with E-state index in [1.54, 1.807) is 6.07 Å². The lowest BCUT2D eigenvalue weighted by molar-refractivity contribution is 0.101. The number of aromatic amines is 1. The molecule has 0 aliphatic carbocycles. The van der Waals surface area contributed by atoms with Crippen LogP contribution in [0.5, 0.6) is 0 Å². The van der Waals surface area contributed by atoms with Crippen LogP contribution in [0.15, 0.2) is 48.7 Å². The average Bonchev–Trinajstić information content (AvgIpc) is 3.26. The zero-order chi connectivity index (χ0) is 23.7. The van der Waals surface area contributed by atoms with Gasteiger partial charge in [0.05, 0.1) is 23.3 Å². The highest BCUT2D eigenvalue weighted by Gasteiger charge is 2.20. The number of pyridine rings is 1. The molecule has 174 valence electrons. The first-order valence-electron chi connectivity index (χ1n) is 11.2. The number of piperidine rings is 1. The van der Waals surface area contributed by atoms with Gasteiger partial charge in [0, 0.05) is 17.5 Å². The van der Waals surface area contributed by atoms with E-state index in [1.807, 2.05) is 12.1 Å². The Bertz CT molecular complexity index is 1360. The molecule has 2 aromatic carbocycles. The second-order valence-corrected chi connectivity index (χ2v) is 8.51. The van der Waals surface area contributed by atoms with Gasteiger partial charge in [-0.15, -0.1) is 0 Å². The summed E-state index contributed by atoms with van der Waals surface area (Å²) < 4.78 is 28.3. The van der Waals surface area contributed by atoms with Crippen molar-refractivity contribution in [2.24, 2.45) is 0 Å². The molecule has 0 saturated carbocycles. The first kappa shape index (κ1) is 22.0. The molecule has 5 rings (SSSR count). The van der Waals surface area contributed by atoms with E-state index in [0.29, 0.717) is 11.0 Å². The SMILES string of the molecule is Nc1ccc(F)c(C(=O)Nc2cnc3n[nH]c(-c4cccc(CN5CCCCC5)c4)c3c2)c1F. The van der Waals surface area contributed by atoms with Crippen LogP contribution in [-0.4, -0.2) is 39.1 Å². The second-order valence-electron chi connectivity index (χ2n) is 8.51. The molecule has 0 atom stereocenters. The number of rotatable bonds is 5. The molecule has 9 heteroatoms. The molecule has 34 heavy (non-hydrogen) atoms. The third-order valence-corrected chi connectivity index (χ3v) is 6.09. The van der Waals surface area contributed by atoms with Crippen LogP contribution in [-0.2, 0) is 6.54 Å². The van der Waals surface area contributed by atoms with Crippen molar-refractivity contribution >= 4 is 28.3 Å². The second kappa shape index (κ2) is 9.18. The Balaban J connectivity index is 1.42. The third-order valence-electron chi connectivity index (χ3n) is 6.09. The van der Waals surface area contributed by atoms with Gasteiger partial charge < -0.3 is 11.1 Å². The summed E-state index contributed by atoms with van der Waals surface area (Å²) in [6.07, 6.45) is 5.14. The van der Waals surface area contributed by atoms with E-state index in [4.69, 9.17) is 5.73 Å². The number of anilines is 2. The molecule has 7 nitrogen and oxygen atoms in total. The van der Waals surface area contributed by atoms with E-state index in [-0.39, 0.29) is 11.4 Å². The first-order chi connectivity index (χ1) is 16.5. The monoisotopic (exact) mass is 462 g/mol. The van der Waals surface area contributed by atoms with Gasteiger partial charge in [-0.3, -0.25) is 14.8 Å². The lowest BCUT2D eigenvalue weighted by Gasteiger charge is -2.26. The van der Waals surface area contributed by atoms with Crippen molar-refractivity contribution in [1.82, 2.24) is 20.1 Å². The number of nitrogens with one attached hydrogen (secondary N) is 2. The van der Waals surface area contributed by atoms with Gasteiger partial charge in [0.25, 0.3) is 5.91 Å². The third kappa shape index (κ3) is 4.34. The van der Waals surface area contributed by atoms with Gasteiger partial charge in [0.15, 0.2) is 11.5 Å². The van der Waals surface area contributed by atoms with Gasteiger partial charge >= 0.3 is 0 Å². The van der Waals surface area contributed by atoms with E-state index < -0.39 is 23.1 Å². The molecular weight excluding hydrogens is 438 g/mol. The topological polar surface area (TPSA) is 99.9 Å². The summed E-state index contributed by atoms with van der Waals surface area (Å²) >= 11 is 0. The number of amides is 1. The summed E-state index contributed by atoms with van der Waals surface area (Å²) in [7, 11) is 0. The van der Waals surface area contributed by atoms with E-state index in [9.17, 15) is 13.6 Å². The summed E-state index contributed by atoms with van der Waals surface area (Å²) in [5.74, 6) is -3.04. The zero-order valence-corrected chi connectivity index (χ0v) is 18.4. The maximum atomic E-state index is 14.3. The molecule has 1 aliphatic heterocycles. The molecule has 3 heterocycles. The van der Waals surface area contributed by atoms with Gasteiger partial charge in [-0.1, -0.05) is 24.6 Å². The van der Waals surface area contributed by atoms with Gasteiger partial charge in [-0.05, 0) is 55.8 Å². The fraction of sp³-hybridized carbons (Fsp3) is 0.240. The average molecular weight is 463 g/mol. The maximum Gasteiger partial charge on any atom is 0.261 e. The number of halogens is 2. The smallest absolute Gasteiger partial charge is 0.261 e. The number of nitrogens with zero attached hydrogens (tertiary/aromatic N) is 3. The summed E-state index contributed by atoms with van der Waals surface area (Å²) in [5.41, 5.74) is 8.09. The van der Waals surface area contributed by atoms with Gasteiger partial charge in [-0.25, -0.2) is 13.8 Å². The Hall–Kier alpha value is -3.85. The highest BCUT2D eigenvalue weighted by molar-refractivity contribution is 6.06. The molecule has 1 fully saturated rings. The summed E-state index contributed by atoms with van der Waals surface area (Å²) in [4.78, 5) is 19.3. The summed E-state index contributed by atoms with van der Waals surface area (Å²) in [5, 5.41) is 10.5. The standard InChI is InChI=1S/C25H24F2N6O/c26-19-7-8-20(28)22(27)21(19)25(34)30-17-12-18-23(31-32-24(18)29-13-17)16-6-4-5-15(11-16)14-33-9-2-1-3-10-33/h4-8,11-13H,1-3,9-10,14,28H2,(H,30,34)(H,29,31,32). The Morgan fingerprint density at radius 3 is 2.76 bits per heavy atom. The Morgan fingerprint density at radius 1 is 1.12 bits per heavy atom. The van der Waals surface area contributed by atoms with Crippen LogP contribution in [0, 0.1) is 11.6 Å². The quantitative estimate of drug-likeness (QED) is 0.373. The van der Waals surface area contributed by atoms with E-state index in [1.165, 1.54) is 31.0 Å². The molecular formula is C25H24F2N6O. The molecule has 0 spiro atoms. The fourth-order valence-corrected chi connectivity index (χ4v) is 4.36. The highest BCUT2D eigenvalue weighted by atomic mass is 19.1. The number of fused-ring (bicyclic) bond motifs is 1. The van der Waals surface area contributed by atoms with Crippen LogP contribution in [0.1, 0.15) is 35.2 Å². The highest BCUT2D eigenvalue weighted by Crippen LogP contribution is 2.29.